The number of hydrogen-bond donors (Lipinski definition) is 1. The number of carbonyl (C=O) groups is 2. The summed E-state index contributed by atoms with van der Waals surface area (Å²) in [5, 5.41) is 3.32. The highest BCUT2D eigenvalue weighted by atomic mass is 32.1. The number of carbonyl (C=O) groups excluding carboxylic acids is 2. The second-order valence-electron chi connectivity index (χ2n) is 7.83. The molecule has 4 aromatic rings. The van der Waals surface area contributed by atoms with Gasteiger partial charge in [-0.25, -0.2) is 4.98 Å². The summed E-state index contributed by atoms with van der Waals surface area (Å²) in [6.45, 7) is 0. The summed E-state index contributed by atoms with van der Waals surface area (Å²) in [6.07, 6.45) is 6.57. The Bertz CT molecular complexity index is 1440. The Hall–Kier alpha value is -3.78. The van der Waals surface area contributed by atoms with E-state index < -0.39 is 11.5 Å². The molecule has 166 valence electrons. The lowest BCUT2D eigenvalue weighted by Crippen LogP contribution is -2.26. The number of ketones is 1. The lowest BCUT2D eigenvalue weighted by Gasteiger charge is -2.13. The van der Waals surface area contributed by atoms with Gasteiger partial charge in [0, 0.05) is 22.8 Å². The first kappa shape index (κ1) is 21.1. The standard InChI is InChI=1S/C25H21N3O4S/c1-32-16-11-9-15(10-12-16)22(29)21-17-6-2-3-7-19(17)33-24(21)27-23(30)18-14-26-20-8-4-5-13-28(20)25(18)31/h4-5,8-14H,2-3,6-7H2,1H3,(H,27,30). The number of rotatable bonds is 5. The number of benzene rings is 1. The first-order chi connectivity index (χ1) is 16.1. The van der Waals surface area contributed by atoms with Gasteiger partial charge in [-0.1, -0.05) is 6.07 Å². The number of ether oxygens (including phenoxy) is 1. The third-order valence-electron chi connectivity index (χ3n) is 5.84. The predicted octanol–water partition coefficient (Wildman–Crippen LogP) is 4.13. The molecule has 5 rings (SSSR count). The van der Waals surface area contributed by atoms with Crippen molar-refractivity contribution in [1.82, 2.24) is 9.38 Å². The van der Waals surface area contributed by atoms with Gasteiger partial charge in [-0.3, -0.25) is 18.8 Å². The van der Waals surface area contributed by atoms with E-state index in [2.05, 4.69) is 10.3 Å². The topological polar surface area (TPSA) is 89.8 Å². The van der Waals surface area contributed by atoms with Crippen molar-refractivity contribution in [2.24, 2.45) is 0 Å². The molecule has 8 heteroatoms. The van der Waals surface area contributed by atoms with Gasteiger partial charge < -0.3 is 10.1 Å². The lowest BCUT2D eigenvalue weighted by atomic mass is 9.92. The zero-order valence-corrected chi connectivity index (χ0v) is 18.8. The molecule has 1 aliphatic rings. The molecule has 0 aliphatic heterocycles. The fraction of sp³-hybridized carbons (Fsp3) is 0.200. The van der Waals surface area contributed by atoms with Crippen LogP contribution < -0.4 is 15.6 Å². The molecule has 33 heavy (non-hydrogen) atoms. The van der Waals surface area contributed by atoms with Gasteiger partial charge in [-0.2, -0.15) is 0 Å². The van der Waals surface area contributed by atoms with Crippen molar-refractivity contribution < 1.29 is 14.3 Å². The minimum atomic E-state index is -0.576. The fourth-order valence-electron chi connectivity index (χ4n) is 4.13. The largest absolute Gasteiger partial charge is 0.497 e. The SMILES string of the molecule is COc1ccc(C(=O)c2c(NC(=O)c3cnc4ccccn4c3=O)sc3c2CCCC3)cc1. The van der Waals surface area contributed by atoms with E-state index in [4.69, 9.17) is 4.74 Å². The molecule has 1 aliphatic carbocycles. The molecule has 1 amide bonds. The maximum atomic E-state index is 13.5. The normalized spacial score (nSPS) is 12.9. The molecule has 0 atom stereocenters. The van der Waals surface area contributed by atoms with Gasteiger partial charge in [0.15, 0.2) is 5.78 Å². The third-order valence-corrected chi connectivity index (χ3v) is 7.04. The molecule has 1 N–H and O–H groups in total. The monoisotopic (exact) mass is 459 g/mol. The van der Waals surface area contributed by atoms with Crippen LogP contribution in [0, 0.1) is 0 Å². The maximum absolute atomic E-state index is 13.5. The van der Waals surface area contributed by atoms with Crippen LogP contribution in [0.15, 0.2) is 59.7 Å². The number of nitrogens with zero attached hydrogens (tertiary/aromatic N) is 2. The van der Waals surface area contributed by atoms with Crippen LogP contribution in [-0.2, 0) is 12.8 Å². The Morgan fingerprint density at radius 3 is 2.67 bits per heavy atom. The number of anilines is 1. The van der Waals surface area contributed by atoms with Crippen LogP contribution in [0.1, 0.15) is 49.6 Å². The molecule has 1 aromatic carbocycles. The van der Waals surface area contributed by atoms with E-state index in [1.807, 2.05) is 0 Å². The molecule has 0 radical (unpaired) electrons. The molecule has 3 aromatic heterocycles. The summed E-state index contributed by atoms with van der Waals surface area (Å²) in [4.78, 5) is 44.8. The summed E-state index contributed by atoms with van der Waals surface area (Å²) in [5.74, 6) is -0.0643. The van der Waals surface area contributed by atoms with Crippen LogP contribution >= 0.6 is 11.3 Å². The van der Waals surface area contributed by atoms with Crippen LogP contribution in [0.4, 0.5) is 5.00 Å². The second kappa shape index (κ2) is 8.63. The molecule has 0 bridgehead atoms. The number of nitrogens with one attached hydrogen (secondary N) is 1. The van der Waals surface area contributed by atoms with Gasteiger partial charge in [-0.15, -0.1) is 11.3 Å². The molecule has 0 fully saturated rings. The minimum absolute atomic E-state index is 0.0760. The Kier molecular flexibility index (Phi) is 5.51. The molecule has 0 unspecified atom stereocenters. The van der Waals surface area contributed by atoms with Gasteiger partial charge in [0.05, 0.1) is 12.7 Å². The zero-order chi connectivity index (χ0) is 22.9. The van der Waals surface area contributed by atoms with Crippen LogP contribution in [0.5, 0.6) is 5.75 Å². The predicted molar refractivity (Wildman–Crippen MR) is 127 cm³/mol. The summed E-state index contributed by atoms with van der Waals surface area (Å²) >= 11 is 1.42. The maximum Gasteiger partial charge on any atom is 0.270 e. The summed E-state index contributed by atoms with van der Waals surface area (Å²) in [7, 11) is 1.57. The minimum Gasteiger partial charge on any atom is -0.497 e. The van der Waals surface area contributed by atoms with E-state index in [0.717, 1.165) is 36.1 Å². The van der Waals surface area contributed by atoms with Gasteiger partial charge in [-0.05, 0) is 67.6 Å². The van der Waals surface area contributed by atoms with Crippen molar-refractivity contribution in [3.63, 3.8) is 0 Å². The van der Waals surface area contributed by atoms with Crippen LogP contribution in [0.3, 0.4) is 0 Å². The Balaban J connectivity index is 1.54. The third kappa shape index (κ3) is 3.82. The molecular formula is C25H21N3O4S. The quantitative estimate of drug-likeness (QED) is 0.454. The number of aryl methyl sites for hydroxylation is 1. The van der Waals surface area contributed by atoms with Crippen molar-refractivity contribution in [2.75, 3.05) is 12.4 Å². The van der Waals surface area contributed by atoms with Crippen molar-refractivity contribution in [3.05, 3.63) is 92.3 Å². The number of pyridine rings is 1. The molecule has 0 spiro atoms. The van der Waals surface area contributed by atoms with E-state index in [9.17, 15) is 14.4 Å². The van der Waals surface area contributed by atoms with Gasteiger partial charge >= 0.3 is 0 Å². The molecule has 0 saturated carbocycles. The Morgan fingerprint density at radius 1 is 1.09 bits per heavy atom. The Morgan fingerprint density at radius 2 is 1.88 bits per heavy atom. The first-order valence-electron chi connectivity index (χ1n) is 10.7. The average molecular weight is 460 g/mol. The van der Waals surface area contributed by atoms with Crippen LogP contribution in [-0.4, -0.2) is 28.2 Å². The molecule has 7 nitrogen and oxygen atoms in total. The fourth-order valence-corrected chi connectivity index (χ4v) is 5.42. The first-order valence-corrected chi connectivity index (χ1v) is 11.5. The molecule has 0 saturated heterocycles. The van der Waals surface area contributed by atoms with Crippen LogP contribution in [0.25, 0.3) is 5.65 Å². The second-order valence-corrected chi connectivity index (χ2v) is 8.94. The highest BCUT2D eigenvalue weighted by Crippen LogP contribution is 2.39. The van der Waals surface area contributed by atoms with Gasteiger partial charge in [0.25, 0.3) is 11.5 Å². The van der Waals surface area contributed by atoms with Crippen LogP contribution in [0.2, 0.25) is 0 Å². The molecule has 3 heterocycles. The Labute approximate surface area is 193 Å². The van der Waals surface area contributed by atoms with E-state index in [1.165, 1.54) is 21.9 Å². The average Bonchev–Trinajstić information content (AvgIpc) is 3.21. The number of fused-ring (bicyclic) bond motifs is 2. The number of thiophene rings is 1. The number of methoxy groups -OCH3 is 1. The highest BCUT2D eigenvalue weighted by molar-refractivity contribution is 7.17. The molecular weight excluding hydrogens is 438 g/mol. The van der Waals surface area contributed by atoms with Crippen molar-refractivity contribution in [2.45, 2.75) is 25.7 Å². The van der Waals surface area contributed by atoms with Crippen molar-refractivity contribution >= 4 is 33.7 Å². The number of hydrogen-bond acceptors (Lipinski definition) is 6. The summed E-state index contributed by atoms with van der Waals surface area (Å²) in [5.41, 5.74) is 1.96. The number of aromatic nitrogens is 2. The van der Waals surface area contributed by atoms with Crippen molar-refractivity contribution in [3.8, 4) is 5.75 Å². The lowest BCUT2D eigenvalue weighted by molar-refractivity contribution is 0.102. The van der Waals surface area contributed by atoms with E-state index in [-0.39, 0.29) is 11.3 Å². The van der Waals surface area contributed by atoms with E-state index in [0.29, 0.717) is 27.5 Å². The number of amides is 1. The van der Waals surface area contributed by atoms with Gasteiger partial charge in [0.1, 0.15) is 22.0 Å². The zero-order valence-electron chi connectivity index (χ0n) is 18.0. The van der Waals surface area contributed by atoms with E-state index >= 15 is 0 Å². The smallest absolute Gasteiger partial charge is 0.270 e. The summed E-state index contributed by atoms with van der Waals surface area (Å²) in [6, 6.07) is 12.1. The highest BCUT2D eigenvalue weighted by Gasteiger charge is 2.28. The van der Waals surface area contributed by atoms with E-state index in [1.54, 1.807) is 55.8 Å². The van der Waals surface area contributed by atoms with Gasteiger partial charge in [0.2, 0.25) is 0 Å². The van der Waals surface area contributed by atoms with Crippen molar-refractivity contribution in [1.29, 1.82) is 0 Å². The summed E-state index contributed by atoms with van der Waals surface area (Å²) < 4.78 is 6.52.